The van der Waals surface area contributed by atoms with E-state index in [-0.39, 0.29) is 11.4 Å². The fourth-order valence-corrected chi connectivity index (χ4v) is 3.41. The van der Waals surface area contributed by atoms with Crippen LogP contribution in [0.4, 0.5) is 0 Å². The molecule has 0 radical (unpaired) electrons. The van der Waals surface area contributed by atoms with E-state index in [2.05, 4.69) is 4.98 Å². The molecular formula is C12H16ClNOS. The van der Waals surface area contributed by atoms with Crippen molar-refractivity contribution in [1.29, 1.82) is 0 Å². The van der Waals surface area contributed by atoms with Crippen LogP contribution in [0.25, 0.3) is 0 Å². The van der Waals surface area contributed by atoms with E-state index in [1.807, 2.05) is 12.1 Å². The van der Waals surface area contributed by atoms with Gasteiger partial charge in [-0.3, -0.25) is 0 Å². The smallest absolute Gasteiger partial charge is 0.115 e. The van der Waals surface area contributed by atoms with E-state index in [0.29, 0.717) is 5.02 Å². The molecule has 88 valence electrons. The van der Waals surface area contributed by atoms with E-state index < -0.39 is 0 Å². The van der Waals surface area contributed by atoms with Crippen LogP contribution in [0.1, 0.15) is 32.1 Å². The topological polar surface area (TPSA) is 33.1 Å². The molecule has 2 unspecified atom stereocenters. The second kappa shape index (κ2) is 5.89. The Morgan fingerprint density at radius 1 is 1.31 bits per heavy atom. The number of thioether (sulfide) groups is 1. The van der Waals surface area contributed by atoms with Gasteiger partial charge in [-0.15, -0.1) is 0 Å². The summed E-state index contributed by atoms with van der Waals surface area (Å²) in [5.74, 6) is 0. The van der Waals surface area contributed by atoms with Gasteiger partial charge in [0.15, 0.2) is 0 Å². The molecule has 1 aromatic heterocycles. The first-order valence-corrected chi connectivity index (χ1v) is 6.98. The van der Waals surface area contributed by atoms with Crippen LogP contribution in [-0.4, -0.2) is 21.4 Å². The number of aliphatic hydroxyl groups excluding tert-OH is 1. The van der Waals surface area contributed by atoms with Crippen molar-refractivity contribution in [1.82, 2.24) is 4.98 Å². The molecule has 2 nitrogen and oxygen atoms in total. The number of halogens is 1. The maximum Gasteiger partial charge on any atom is 0.115 e. The Morgan fingerprint density at radius 2 is 2.12 bits per heavy atom. The van der Waals surface area contributed by atoms with Crippen LogP contribution in [0.2, 0.25) is 5.02 Å². The molecule has 0 spiro atoms. The Balaban J connectivity index is 2.05. The van der Waals surface area contributed by atoms with Crippen molar-refractivity contribution in [2.45, 2.75) is 48.5 Å². The van der Waals surface area contributed by atoms with Crippen molar-refractivity contribution in [3.63, 3.8) is 0 Å². The van der Waals surface area contributed by atoms with E-state index in [9.17, 15) is 5.11 Å². The lowest BCUT2D eigenvalue weighted by Gasteiger charge is -2.19. The van der Waals surface area contributed by atoms with Crippen LogP contribution in [0.3, 0.4) is 0 Å². The molecular weight excluding hydrogens is 242 g/mol. The maximum absolute atomic E-state index is 10.0. The highest BCUT2D eigenvalue weighted by atomic mass is 35.5. The van der Waals surface area contributed by atoms with Gasteiger partial charge in [0.1, 0.15) is 5.03 Å². The van der Waals surface area contributed by atoms with Crippen molar-refractivity contribution < 1.29 is 5.11 Å². The number of aliphatic hydroxyl groups is 1. The number of aromatic nitrogens is 1. The zero-order chi connectivity index (χ0) is 11.4. The average Bonchev–Trinajstić information content (AvgIpc) is 2.48. The second-order valence-electron chi connectivity index (χ2n) is 4.15. The van der Waals surface area contributed by atoms with Gasteiger partial charge in [-0.2, -0.15) is 0 Å². The Morgan fingerprint density at radius 3 is 2.94 bits per heavy atom. The minimum absolute atomic E-state index is 0.217. The number of nitrogens with zero attached hydrogens (tertiary/aromatic N) is 1. The predicted octanol–water partition coefficient (Wildman–Crippen LogP) is 3.52. The van der Waals surface area contributed by atoms with Gasteiger partial charge >= 0.3 is 0 Å². The molecule has 0 amide bonds. The highest BCUT2D eigenvalue weighted by Gasteiger charge is 2.23. The van der Waals surface area contributed by atoms with E-state index in [0.717, 1.165) is 24.3 Å². The van der Waals surface area contributed by atoms with Gasteiger partial charge in [0, 0.05) is 11.4 Å². The third-order valence-electron chi connectivity index (χ3n) is 2.91. The summed E-state index contributed by atoms with van der Waals surface area (Å²) >= 11 is 7.69. The summed E-state index contributed by atoms with van der Waals surface area (Å²) in [6.07, 6.45) is 7.04. The van der Waals surface area contributed by atoms with Crippen LogP contribution < -0.4 is 0 Å². The number of hydrogen-bond acceptors (Lipinski definition) is 3. The molecule has 1 aliphatic rings. The van der Waals surface area contributed by atoms with Gasteiger partial charge in [-0.25, -0.2) is 4.98 Å². The Kier molecular flexibility index (Phi) is 4.50. The zero-order valence-electron chi connectivity index (χ0n) is 9.10. The minimum atomic E-state index is -0.217. The molecule has 2 rings (SSSR count). The SMILES string of the molecule is OC1CCCCCC1Sc1ncccc1Cl. The van der Waals surface area contributed by atoms with Crippen molar-refractivity contribution in [2.24, 2.45) is 0 Å². The molecule has 0 bridgehead atoms. The van der Waals surface area contributed by atoms with Gasteiger partial charge in [0.05, 0.1) is 11.1 Å². The van der Waals surface area contributed by atoms with Crippen LogP contribution >= 0.6 is 23.4 Å². The van der Waals surface area contributed by atoms with E-state index in [1.54, 1.807) is 18.0 Å². The Bertz CT molecular complexity index is 348. The zero-order valence-corrected chi connectivity index (χ0v) is 10.7. The number of hydrogen-bond donors (Lipinski definition) is 1. The number of pyridine rings is 1. The fraction of sp³-hybridized carbons (Fsp3) is 0.583. The van der Waals surface area contributed by atoms with E-state index in [4.69, 9.17) is 11.6 Å². The van der Waals surface area contributed by atoms with E-state index in [1.165, 1.54) is 12.8 Å². The maximum atomic E-state index is 10.0. The molecule has 1 aromatic rings. The van der Waals surface area contributed by atoms with Gasteiger partial charge in [-0.05, 0) is 25.0 Å². The normalized spacial score (nSPS) is 26.4. The number of rotatable bonds is 2. The van der Waals surface area contributed by atoms with Gasteiger partial charge < -0.3 is 5.11 Å². The summed E-state index contributed by atoms with van der Waals surface area (Å²) in [6.45, 7) is 0. The molecule has 16 heavy (non-hydrogen) atoms. The second-order valence-corrected chi connectivity index (χ2v) is 5.79. The van der Waals surface area contributed by atoms with Crippen LogP contribution in [0.15, 0.2) is 23.4 Å². The first kappa shape index (κ1) is 12.2. The summed E-state index contributed by atoms with van der Waals surface area (Å²) in [7, 11) is 0. The van der Waals surface area contributed by atoms with E-state index >= 15 is 0 Å². The minimum Gasteiger partial charge on any atom is -0.392 e. The van der Waals surface area contributed by atoms with Crippen molar-refractivity contribution in [2.75, 3.05) is 0 Å². The molecule has 1 aliphatic carbocycles. The Hall–Kier alpha value is -0.250. The highest BCUT2D eigenvalue weighted by molar-refractivity contribution is 8.00. The molecule has 1 saturated carbocycles. The largest absolute Gasteiger partial charge is 0.392 e. The molecule has 4 heteroatoms. The first-order chi connectivity index (χ1) is 7.77. The van der Waals surface area contributed by atoms with Gasteiger partial charge in [0.2, 0.25) is 0 Å². The van der Waals surface area contributed by atoms with Crippen LogP contribution in [0.5, 0.6) is 0 Å². The lowest BCUT2D eigenvalue weighted by Crippen LogP contribution is -2.21. The van der Waals surface area contributed by atoms with Crippen LogP contribution in [-0.2, 0) is 0 Å². The summed E-state index contributed by atoms with van der Waals surface area (Å²) in [5.41, 5.74) is 0. The monoisotopic (exact) mass is 257 g/mol. The Labute approximate surface area is 105 Å². The summed E-state index contributed by atoms with van der Waals surface area (Å²) < 4.78 is 0. The van der Waals surface area contributed by atoms with Crippen molar-refractivity contribution in [3.05, 3.63) is 23.4 Å². The van der Waals surface area contributed by atoms with Crippen LogP contribution in [0, 0.1) is 0 Å². The molecule has 0 saturated heterocycles. The lowest BCUT2D eigenvalue weighted by atomic mass is 10.1. The van der Waals surface area contributed by atoms with Crippen molar-refractivity contribution in [3.8, 4) is 0 Å². The third kappa shape index (κ3) is 3.12. The summed E-state index contributed by atoms with van der Waals surface area (Å²) in [4.78, 5) is 4.26. The van der Waals surface area contributed by atoms with Gasteiger partial charge in [-0.1, -0.05) is 42.6 Å². The molecule has 0 aromatic carbocycles. The molecule has 2 atom stereocenters. The summed E-state index contributed by atoms with van der Waals surface area (Å²) in [6, 6.07) is 3.68. The van der Waals surface area contributed by atoms with Gasteiger partial charge in [0.25, 0.3) is 0 Å². The average molecular weight is 258 g/mol. The molecule has 0 aliphatic heterocycles. The summed E-state index contributed by atoms with van der Waals surface area (Å²) in [5, 5.41) is 11.8. The lowest BCUT2D eigenvalue weighted by molar-refractivity contribution is 0.163. The quantitative estimate of drug-likeness (QED) is 0.823. The predicted molar refractivity (Wildman–Crippen MR) is 68.0 cm³/mol. The fourth-order valence-electron chi connectivity index (χ4n) is 1.99. The molecule has 1 heterocycles. The third-order valence-corrected chi connectivity index (χ3v) is 4.72. The molecule has 1 fully saturated rings. The highest BCUT2D eigenvalue weighted by Crippen LogP contribution is 2.35. The van der Waals surface area contributed by atoms with Crippen molar-refractivity contribution >= 4 is 23.4 Å². The first-order valence-electron chi connectivity index (χ1n) is 5.72. The molecule has 1 N–H and O–H groups in total. The standard InChI is InChI=1S/C12H16ClNOS/c13-9-5-4-8-14-12(9)16-11-7-3-1-2-6-10(11)15/h4-5,8,10-11,15H,1-3,6-7H2.